The summed E-state index contributed by atoms with van der Waals surface area (Å²) in [5, 5.41) is 14.0. The Balaban J connectivity index is 2.78. The third kappa shape index (κ3) is 4.09. The van der Waals surface area contributed by atoms with Gasteiger partial charge in [-0.15, -0.1) is 0 Å². The maximum absolute atomic E-state index is 12.9. The summed E-state index contributed by atoms with van der Waals surface area (Å²) in [5.74, 6) is -1.65. The number of carboxylic acid groups (broad SMARTS) is 1. The van der Waals surface area contributed by atoms with Crippen LogP contribution >= 0.6 is 11.6 Å². The average molecular weight is 303 g/mol. The average Bonchev–Trinajstić information content (AvgIpc) is 2.32. The molecule has 1 aromatic carbocycles. The van der Waals surface area contributed by atoms with Crippen LogP contribution < -0.4 is 10.6 Å². The monoisotopic (exact) mass is 302 g/mol. The van der Waals surface area contributed by atoms with Crippen molar-refractivity contribution < 1.29 is 19.1 Å². The number of urea groups is 1. The number of nitrogens with one attached hydrogen (secondary N) is 2. The van der Waals surface area contributed by atoms with Gasteiger partial charge in [-0.05, 0) is 31.5 Å². The minimum atomic E-state index is -1.37. The van der Waals surface area contributed by atoms with E-state index in [2.05, 4.69) is 10.6 Å². The van der Waals surface area contributed by atoms with Crippen LogP contribution in [-0.4, -0.2) is 22.6 Å². The molecule has 3 N–H and O–H groups in total. The predicted octanol–water partition coefficient (Wildman–Crippen LogP) is 3.24. The summed E-state index contributed by atoms with van der Waals surface area (Å²) in [7, 11) is 0. The molecule has 0 saturated heterocycles. The van der Waals surface area contributed by atoms with E-state index in [9.17, 15) is 14.0 Å². The molecule has 1 rings (SSSR count). The van der Waals surface area contributed by atoms with Crippen molar-refractivity contribution in [3.63, 3.8) is 0 Å². The minimum absolute atomic E-state index is 0.0349. The lowest BCUT2D eigenvalue weighted by Crippen LogP contribution is -2.53. The van der Waals surface area contributed by atoms with Crippen LogP contribution in [-0.2, 0) is 4.79 Å². The highest BCUT2D eigenvalue weighted by Crippen LogP contribution is 2.22. The minimum Gasteiger partial charge on any atom is -0.480 e. The fraction of sp³-hybridized carbons (Fsp3) is 0.385. The molecule has 0 bridgehead atoms. The van der Waals surface area contributed by atoms with E-state index < -0.39 is 23.4 Å². The Morgan fingerprint density at radius 3 is 2.60 bits per heavy atom. The van der Waals surface area contributed by atoms with E-state index in [-0.39, 0.29) is 17.1 Å². The van der Waals surface area contributed by atoms with Crippen molar-refractivity contribution in [2.24, 2.45) is 0 Å². The third-order valence-electron chi connectivity index (χ3n) is 2.79. The van der Waals surface area contributed by atoms with Crippen molar-refractivity contribution in [1.29, 1.82) is 0 Å². The number of rotatable bonds is 5. The Morgan fingerprint density at radius 2 is 2.10 bits per heavy atom. The van der Waals surface area contributed by atoms with Crippen molar-refractivity contribution >= 4 is 29.3 Å². The number of hydrogen-bond donors (Lipinski definition) is 3. The predicted molar refractivity (Wildman–Crippen MR) is 74.5 cm³/mol. The highest BCUT2D eigenvalue weighted by Gasteiger charge is 2.33. The molecule has 1 unspecified atom stereocenters. The second kappa shape index (κ2) is 6.56. The standard InChI is InChI=1S/C13H16ClFN2O3/c1-3-6-13(2,11(18)19)17-12(20)16-10-5-4-8(15)7-9(10)14/h4-5,7H,3,6H2,1-2H3,(H,18,19)(H2,16,17,20). The van der Waals surface area contributed by atoms with Gasteiger partial charge in [-0.2, -0.15) is 0 Å². The summed E-state index contributed by atoms with van der Waals surface area (Å²) in [6.07, 6.45) is 0.882. The lowest BCUT2D eigenvalue weighted by Gasteiger charge is -2.25. The highest BCUT2D eigenvalue weighted by atomic mass is 35.5. The maximum atomic E-state index is 12.9. The molecule has 0 aliphatic heterocycles. The van der Waals surface area contributed by atoms with E-state index in [0.717, 1.165) is 12.1 Å². The molecule has 110 valence electrons. The number of carbonyl (C=O) groups excluding carboxylic acids is 1. The Bertz CT molecular complexity index is 524. The summed E-state index contributed by atoms with van der Waals surface area (Å²) in [4.78, 5) is 23.0. The molecule has 0 radical (unpaired) electrons. The molecule has 0 aliphatic rings. The van der Waals surface area contributed by atoms with Gasteiger partial charge in [0.1, 0.15) is 11.4 Å². The zero-order chi connectivity index (χ0) is 15.3. The zero-order valence-corrected chi connectivity index (χ0v) is 11.9. The molecule has 7 heteroatoms. The van der Waals surface area contributed by atoms with E-state index >= 15 is 0 Å². The highest BCUT2D eigenvalue weighted by molar-refractivity contribution is 6.33. The van der Waals surface area contributed by atoms with Gasteiger partial charge >= 0.3 is 12.0 Å². The van der Waals surface area contributed by atoms with E-state index in [0.29, 0.717) is 6.42 Å². The Hall–Kier alpha value is -1.82. The summed E-state index contributed by atoms with van der Waals surface area (Å²) in [5.41, 5.74) is -1.17. The number of anilines is 1. The molecule has 1 aromatic rings. The maximum Gasteiger partial charge on any atom is 0.329 e. The van der Waals surface area contributed by atoms with Gasteiger partial charge in [0, 0.05) is 0 Å². The largest absolute Gasteiger partial charge is 0.480 e. The van der Waals surface area contributed by atoms with Gasteiger partial charge in [0.15, 0.2) is 0 Å². The van der Waals surface area contributed by atoms with Crippen molar-refractivity contribution in [2.45, 2.75) is 32.2 Å². The molecule has 2 amide bonds. The number of carboxylic acids is 1. The smallest absolute Gasteiger partial charge is 0.329 e. The quantitative estimate of drug-likeness (QED) is 0.781. The Labute approximate surface area is 121 Å². The molecule has 1 atom stereocenters. The molecule has 0 aliphatic carbocycles. The number of aliphatic carboxylic acids is 1. The summed E-state index contributed by atoms with van der Waals surface area (Å²) in [6.45, 7) is 3.24. The molecule has 0 fully saturated rings. The normalized spacial score (nSPS) is 13.4. The SMILES string of the molecule is CCCC(C)(NC(=O)Nc1ccc(F)cc1Cl)C(=O)O. The summed E-state index contributed by atoms with van der Waals surface area (Å²) in [6, 6.07) is 2.79. The second-order valence-corrected chi connectivity index (χ2v) is 5.00. The van der Waals surface area contributed by atoms with Crippen LogP contribution in [0.4, 0.5) is 14.9 Å². The third-order valence-corrected chi connectivity index (χ3v) is 3.10. The van der Waals surface area contributed by atoms with Crippen molar-refractivity contribution in [1.82, 2.24) is 5.32 Å². The Morgan fingerprint density at radius 1 is 1.45 bits per heavy atom. The van der Waals surface area contributed by atoms with Gasteiger partial charge < -0.3 is 15.7 Å². The van der Waals surface area contributed by atoms with Gasteiger partial charge in [0.05, 0.1) is 10.7 Å². The van der Waals surface area contributed by atoms with Crippen LogP contribution in [0.3, 0.4) is 0 Å². The van der Waals surface area contributed by atoms with Crippen LogP contribution in [0.1, 0.15) is 26.7 Å². The van der Waals surface area contributed by atoms with Crippen molar-refractivity contribution in [2.75, 3.05) is 5.32 Å². The molecule has 20 heavy (non-hydrogen) atoms. The van der Waals surface area contributed by atoms with Crippen molar-refractivity contribution in [3.05, 3.63) is 29.0 Å². The lowest BCUT2D eigenvalue weighted by atomic mass is 9.97. The topological polar surface area (TPSA) is 78.4 Å². The second-order valence-electron chi connectivity index (χ2n) is 4.59. The van der Waals surface area contributed by atoms with Gasteiger partial charge in [-0.1, -0.05) is 24.9 Å². The first-order valence-corrected chi connectivity index (χ1v) is 6.44. The van der Waals surface area contributed by atoms with Crippen molar-refractivity contribution in [3.8, 4) is 0 Å². The molecular weight excluding hydrogens is 287 g/mol. The lowest BCUT2D eigenvalue weighted by molar-refractivity contribution is -0.143. The molecule has 0 heterocycles. The van der Waals surface area contributed by atoms with Crippen LogP contribution in [0.25, 0.3) is 0 Å². The molecule has 0 aromatic heterocycles. The number of hydrogen-bond acceptors (Lipinski definition) is 2. The van der Waals surface area contributed by atoms with Crippen LogP contribution in [0.15, 0.2) is 18.2 Å². The molecule has 0 spiro atoms. The number of halogens is 2. The Kier molecular flexibility index (Phi) is 5.33. The zero-order valence-electron chi connectivity index (χ0n) is 11.2. The van der Waals surface area contributed by atoms with Crippen LogP contribution in [0.2, 0.25) is 5.02 Å². The van der Waals surface area contributed by atoms with Gasteiger partial charge in [-0.3, -0.25) is 0 Å². The van der Waals surface area contributed by atoms with Crippen LogP contribution in [0.5, 0.6) is 0 Å². The fourth-order valence-corrected chi connectivity index (χ4v) is 1.93. The van der Waals surface area contributed by atoms with Gasteiger partial charge in [0.2, 0.25) is 0 Å². The number of carbonyl (C=O) groups is 2. The number of benzene rings is 1. The molecule has 0 saturated carbocycles. The fourth-order valence-electron chi connectivity index (χ4n) is 1.72. The molecular formula is C13H16ClFN2O3. The first-order chi connectivity index (χ1) is 9.28. The van der Waals surface area contributed by atoms with Gasteiger partial charge in [0.25, 0.3) is 0 Å². The van der Waals surface area contributed by atoms with Gasteiger partial charge in [-0.25, -0.2) is 14.0 Å². The number of amides is 2. The first-order valence-electron chi connectivity index (χ1n) is 6.06. The molecule has 5 nitrogen and oxygen atoms in total. The van der Waals surface area contributed by atoms with Crippen LogP contribution in [0, 0.1) is 5.82 Å². The van der Waals surface area contributed by atoms with E-state index in [1.165, 1.54) is 13.0 Å². The summed E-state index contributed by atoms with van der Waals surface area (Å²) < 4.78 is 12.9. The first kappa shape index (κ1) is 16.2. The van der Waals surface area contributed by atoms with E-state index in [1.54, 1.807) is 0 Å². The van der Waals surface area contributed by atoms with E-state index in [4.69, 9.17) is 16.7 Å². The summed E-state index contributed by atoms with van der Waals surface area (Å²) >= 11 is 5.77. The van der Waals surface area contributed by atoms with E-state index in [1.807, 2.05) is 6.92 Å².